The molecule has 158 valence electrons. The van der Waals surface area contributed by atoms with E-state index in [2.05, 4.69) is 37.6 Å². The van der Waals surface area contributed by atoms with Gasteiger partial charge >= 0.3 is 6.36 Å². The molecule has 0 heterocycles. The SMILES string of the molecule is CC(C)(C)c1ccc(COc2ccc(-c3ccc(OC(F)(F)F)cc3)cc2O)cc1. The first kappa shape index (κ1) is 21.6. The van der Waals surface area contributed by atoms with Crippen molar-refractivity contribution in [1.82, 2.24) is 0 Å². The molecule has 1 N–H and O–H groups in total. The Balaban J connectivity index is 1.66. The highest BCUT2D eigenvalue weighted by Crippen LogP contribution is 2.33. The second-order valence-electron chi connectivity index (χ2n) is 7.99. The maximum Gasteiger partial charge on any atom is 0.573 e. The minimum absolute atomic E-state index is 0.0468. The molecule has 0 aromatic heterocycles. The van der Waals surface area contributed by atoms with Gasteiger partial charge in [0.05, 0.1) is 0 Å². The molecule has 6 heteroatoms. The number of phenolic OH excluding ortho intramolecular Hbond substituents is 1. The molecular weight excluding hydrogens is 393 g/mol. The Hall–Kier alpha value is -3.15. The summed E-state index contributed by atoms with van der Waals surface area (Å²) in [6, 6.07) is 18.4. The summed E-state index contributed by atoms with van der Waals surface area (Å²) < 4.78 is 46.4. The zero-order chi connectivity index (χ0) is 21.9. The first-order valence-electron chi connectivity index (χ1n) is 9.43. The molecule has 0 radical (unpaired) electrons. The molecule has 0 aliphatic heterocycles. The van der Waals surface area contributed by atoms with Gasteiger partial charge in [0, 0.05) is 0 Å². The van der Waals surface area contributed by atoms with Gasteiger partial charge in [0.15, 0.2) is 11.5 Å². The summed E-state index contributed by atoms with van der Waals surface area (Å²) in [5, 5.41) is 10.3. The van der Waals surface area contributed by atoms with Crippen LogP contribution in [0.25, 0.3) is 11.1 Å². The lowest BCUT2D eigenvalue weighted by molar-refractivity contribution is -0.274. The molecule has 0 spiro atoms. The lowest BCUT2D eigenvalue weighted by Crippen LogP contribution is -2.16. The fraction of sp³-hybridized carbons (Fsp3) is 0.250. The van der Waals surface area contributed by atoms with Crippen molar-refractivity contribution in [3.8, 4) is 28.4 Å². The van der Waals surface area contributed by atoms with Crippen molar-refractivity contribution < 1.29 is 27.8 Å². The Labute approximate surface area is 173 Å². The summed E-state index contributed by atoms with van der Waals surface area (Å²) in [7, 11) is 0. The third kappa shape index (κ3) is 5.69. The smallest absolute Gasteiger partial charge is 0.504 e. The predicted octanol–water partition coefficient (Wildman–Crippen LogP) is 6.83. The summed E-state index contributed by atoms with van der Waals surface area (Å²) in [6.07, 6.45) is -4.73. The van der Waals surface area contributed by atoms with Gasteiger partial charge in [-0.15, -0.1) is 13.2 Å². The van der Waals surface area contributed by atoms with Crippen molar-refractivity contribution in [2.45, 2.75) is 39.2 Å². The molecule has 3 aromatic rings. The number of benzene rings is 3. The van der Waals surface area contributed by atoms with Crippen LogP contribution in [-0.4, -0.2) is 11.5 Å². The highest BCUT2D eigenvalue weighted by Gasteiger charge is 2.30. The average Bonchev–Trinajstić information content (AvgIpc) is 2.66. The van der Waals surface area contributed by atoms with Crippen molar-refractivity contribution in [1.29, 1.82) is 0 Å². The maximum atomic E-state index is 12.3. The van der Waals surface area contributed by atoms with Gasteiger partial charge < -0.3 is 14.6 Å². The van der Waals surface area contributed by atoms with Crippen LogP contribution in [0.3, 0.4) is 0 Å². The van der Waals surface area contributed by atoms with E-state index >= 15 is 0 Å². The second kappa shape index (κ2) is 8.30. The van der Waals surface area contributed by atoms with Crippen molar-refractivity contribution >= 4 is 0 Å². The van der Waals surface area contributed by atoms with Gasteiger partial charge in [0.25, 0.3) is 0 Å². The predicted molar refractivity (Wildman–Crippen MR) is 110 cm³/mol. The number of ether oxygens (including phenoxy) is 2. The quantitative estimate of drug-likeness (QED) is 0.495. The number of alkyl halides is 3. The lowest BCUT2D eigenvalue weighted by atomic mass is 9.87. The van der Waals surface area contributed by atoms with Gasteiger partial charge in [0.1, 0.15) is 12.4 Å². The third-order valence-corrected chi connectivity index (χ3v) is 4.59. The van der Waals surface area contributed by atoms with Crippen molar-refractivity contribution in [3.63, 3.8) is 0 Å². The molecule has 0 bridgehead atoms. The number of phenols is 1. The van der Waals surface area contributed by atoms with Crippen LogP contribution in [0.15, 0.2) is 66.7 Å². The fourth-order valence-electron chi connectivity index (χ4n) is 2.93. The summed E-state index contributed by atoms with van der Waals surface area (Å²) in [5.41, 5.74) is 3.57. The van der Waals surface area contributed by atoms with E-state index in [0.717, 1.165) is 5.56 Å². The lowest BCUT2D eigenvalue weighted by Gasteiger charge is -2.19. The fourth-order valence-corrected chi connectivity index (χ4v) is 2.93. The molecule has 0 aliphatic carbocycles. The molecule has 0 saturated carbocycles. The first-order valence-corrected chi connectivity index (χ1v) is 9.43. The standard InChI is InChI=1S/C24H23F3O3/c1-23(2,3)19-9-4-16(5-10-19)15-29-22-13-8-18(14-21(22)28)17-6-11-20(12-7-17)30-24(25,26)27/h4-14,28H,15H2,1-3H3. The zero-order valence-corrected chi connectivity index (χ0v) is 17.0. The number of aromatic hydroxyl groups is 1. The highest BCUT2D eigenvalue weighted by atomic mass is 19.4. The van der Waals surface area contributed by atoms with Gasteiger partial charge in [-0.3, -0.25) is 0 Å². The highest BCUT2D eigenvalue weighted by molar-refractivity contribution is 5.67. The van der Waals surface area contributed by atoms with Crippen LogP contribution in [0.4, 0.5) is 13.2 Å². The average molecular weight is 416 g/mol. The van der Waals surface area contributed by atoms with E-state index in [1.54, 1.807) is 12.1 Å². The number of halogens is 3. The minimum atomic E-state index is -4.73. The molecule has 30 heavy (non-hydrogen) atoms. The van der Waals surface area contributed by atoms with E-state index in [9.17, 15) is 18.3 Å². The molecule has 3 nitrogen and oxygen atoms in total. The van der Waals surface area contributed by atoms with Crippen LogP contribution in [0.1, 0.15) is 31.9 Å². The largest absolute Gasteiger partial charge is 0.573 e. The van der Waals surface area contributed by atoms with Gasteiger partial charge in [-0.25, -0.2) is 0 Å². The van der Waals surface area contributed by atoms with Gasteiger partial charge in [-0.2, -0.15) is 0 Å². The minimum Gasteiger partial charge on any atom is -0.504 e. The van der Waals surface area contributed by atoms with E-state index < -0.39 is 6.36 Å². The number of hydrogen-bond donors (Lipinski definition) is 1. The molecule has 0 amide bonds. The van der Waals surface area contributed by atoms with Crippen LogP contribution in [0, 0.1) is 0 Å². The molecule has 0 fully saturated rings. The third-order valence-electron chi connectivity index (χ3n) is 4.59. The van der Waals surface area contributed by atoms with Crippen molar-refractivity contribution in [2.75, 3.05) is 0 Å². The molecule has 0 saturated heterocycles. The topological polar surface area (TPSA) is 38.7 Å². The van der Waals surface area contributed by atoms with Crippen molar-refractivity contribution in [2.24, 2.45) is 0 Å². The van der Waals surface area contributed by atoms with Crippen molar-refractivity contribution in [3.05, 3.63) is 77.9 Å². The van der Waals surface area contributed by atoms with Crippen LogP contribution in [-0.2, 0) is 12.0 Å². The Morgan fingerprint density at radius 2 is 1.40 bits per heavy atom. The zero-order valence-electron chi connectivity index (χ0n) is 17.0. The van der Waals surface area contributed by atoms with Crippen LogP contribution >= 0.6 is 0 Å². The maximum absolute atomic E-state index is 12.3. The molecule has 0 aliphatic rings. The number of rotatable bonds is 5. The van der Waals surface area contributed by atoms with E-state index in [-0.39, 0.29) is 16.9 Å². The van der Waals surface area contributed by atoms with Crippen LogP contribution in [0.5, 0.6) is 17.2 Å². The molecular formula is C24H23F3O3. The molecule has 0 atom stereocenters. The summed E-state index contributed by atoms with van der Waals surface area (Å²) in [6.45, 7) is 6.75. The summed E-state index contributed by atoms with van der Waals surface area (Å²) >= 11 is 0. The first-order chi connectivity index (χ1) is 14.0. The second-order valence-corrected chi connectivity index (χ2v) is 7.99. The van der Waals surface area contributed by atoms with E-state index in [1.165, 1.54) is 35.9 Å². The van der Waals surface area contributed by atoms with E-state index in [0.29, 0.717) is 23.5 Å². The molecule has 3 aromatic carbocycles. The van der Waals surface area contributed by atoms with Gasteiger partial charge in [0.2, 0.25) is 0 Å². The van der Waals surface area contributed by atoms with Crippen LogP contribution < -0.4 is 9.47 Å². The monoisotopic (exact) mass is 416 g/mol. The van der Waals surface area contributed by atoms with Gasteiger partial charge in [-0.1, -0.05) is 63.2 Å². The summed E-state index contributed by atoms with van der Waals surface area (Å²) in [5.74, 6) is -0.0157. The molecule has 3 rings (SSSR count). The normalized spacial score (nSPS) is 11.9. The Bertz CT molecular complexity index is 986. The summed E-state index contributed by atoms with van der Waals surface area (Å²) in [4.78, 5) is 0. The molecule has 0 unspecified atom stereocenters. The Morgan fingerprint density at radius 3 is 1.93 bits per heavy atom. The van der Waals surface area contributed by atoms with E-state index in [4.69, 9.17) is 4.74 Å². The van der Waals surface area contributed by atoms with E-state index in [1.807, 2.05) is 12.1 Å². The van der Waals surface area contributed by atoms with Gasteiger partial charge in [-0.05, 0) is 51.9 Å². The Morgan fingerprint density at radius 1 is 0.800 bits per heavy atom. The van der Waals surface area contributed by atoms with Crippen LogP contribution in [0.2, 0.25) is 0 Å². The Kier molecular flexibility index (Phi) is 5.97. The number of hydrogen-bond acceptors (Lipinski definition) is 3.